The molecule has 94 valence electrons. The van der Waals surface area contributed by atoms with Gasteiger partial charge >= 0.3 is 0 Å². The Morgan fingerprint density at radius 2 is 2.00 bits per heavy atom. The summed E-state index contributed by atoms with van der Waals surface area (Å²) in [5.41, 5.74) is 0. The van der Waals surface area contributed by atoms with E-state index in [2.05, 4.69) is 0 Å². The number of aliphatic hydroxyl groups excluding tert-OH is 2. The largest absolute Gasteiger partial charge is 0.490 e. The summed E-state index contributed by atoms with van der Waals surface area (Å²) in [4.78, 5) is 1.00. The minimum atomic E-state index is -0.684. The molecule has 2 N–H and O–H groups in total. The highest BCUT2D eigenvalue weighted by atomic mass is 32.2. The molecule has 1 aromatic carbocycles. The van der Waals surface area contributed by atoms with E-state index < -0.39 is 6.10 Å². The number of benzene rings is 1. The number of aliphatic hydroxyl groups is 2. The Labute approximate surface area is 105 Å². The molecule has 5 heteroatoms. The van der Waals surface area contributed by atoms with Crippen molar-refractivity contribution in [2.45, 2.75) is 17.4 Å². The van der Waals surface area contributed by atoms with Crippen LogP contribution in [0.2, 0.25) is 0 Å². The minimum Gasteiger partial charge on any atom is -0.490 e. The third kappa shape index (κ3) is 3.52. The average Bonchev–Trinajstić information content (AvgIpc) is 2.60. The Kier molecular flexibility index (Phi) is 4.53. The third-order valence-corrected chi connectivity index (χ3v) is 3.51. The Morgan fingerprint density at radius 3 is 2.76 bits per heavy atom. The van der Waals surface area contributed by atoms with Gasteiger partial charge in [0, 0.05) is 17.1 Å². The fourth-order valence-electron chi connectivity index (χ4n) is 1.48. The van der Waals surface area contributed by atoms with Gasteiger partial charge in [-0.05, 0) is 18.2 Å². The minimum absolute atomic E-state index is 0.211. The summed E-state index contributed by atoms with van der Waals surface area (Å²) in [6, 6.07) is 5.73. The number of thioether (sulfide) groups is 1. The summed E-state index contributed by atoms with van der Waals surface area (Å²) in [5, 5.41) is 18.0. The summed E-state index contributed by atoms with van der Waals surface area (Å²) >= 11 is 1.49. The van der Waals surface area contributed by atoms with Crippen LogP contribution in [0, 0.1) is 0 Å². The maximum absolute atomic E-state index is 9.28. The molecule has 0 aromatic heterocycles. The number of hydrogen-bond acceptors (Lipinski definition) is 5. The Balaban J connectivity index is 2.02. The van der Waals surface area contributed by atoms with Crippen LogP contribution in [0.3, 0.4) is 0 Å². The van der Waals surface area contributed by atoms with Crippen molar-refractivity contribution >= 4 is 11.8 Å². The van der Waals surface area contributed by atoms with Crippen LogP contribution in [0.4, 0.5) is 0 Å². The second-order valence-corrected chi connectivity index (χ2v) is 4.90. The quantitative estimate of drug-likeness (QED) is 0.795. The van der Waals surface area contributed by atoms with Crippen LogP contribution < -0.4 is 9.47 Å². The van der Waals surface area contributed by atoms with Crippen molar-refractivity contribution in [3.05, 3.63) is 18.2 Å². The van der Waals surface area contributed by atoms with Crippen molar-refractivity contribution < 1.29 is 19.7 Å². The van der Waals surface area contributed by atoms with E-state index >= 15 is 0 Å². The van der Waals surface area contributed by atoms with E-state index in [1.165, 1.54) is 11.8 Å². The lowest BCUT2D eigenvalue weighted by molar-refractivity contribution is 0.113. The molecular formula is C12H16O4S. The van der Waals surface area contributed by atoms with E-state index in [-0.39, 0.29) is 6.61 Å². The Hall–Kier alpha value is -0.910. The third-order valence-electron chi connectivity index (χ3n) is 2.37. The molecule has 0 bridgehead atoms. The molecule has 0 saturated heterocycles. The molecule has 4 nitrogen and oxygen atoms in total. The zero-order valence-corrected chi connectivity index (χ0v) is 10.3. The monoisotopic (exact) mass is 256 g/mol. The molecule has 1 aliphatic heterocycles. The molecule has 0 fully saturated rings. The molecule has 0 aliphatic carbocycles. The highest BCUT2D eigenvalue weighted by molar-refractivity contribution is 7.99. The molecule has 1 aliphatic rings. The van der Waals surface area contributed by atoms with Gasteiger partial charge in [-0.3, -0.25) is 0 Å². The normalized spacial score (nSPS) is 16.4. The Morgan fingerprint density at radius 1 is 1.24 bits per heavy atom. The lowest BCUT2D eigenvalue weighted by Crippen LogP contribution is -2.14. The molecule has 0 saturated carbocycles. The highest BCUT2D eigenvalue weighted by Crippen LogP contribution is 2.33. The smallest absolute Gasteiger partial charge is 0.162 e. The summed E-state index contributed by atoms with van der Waals surface area (Å²) in [5.74, 6) is 2.00. The second kappa shape index (κ2) is 6.14. The summed E-state index contributed by atoms with van der Waals surface area (Å²) in [7, 11) is 0. The number of hydrogen-bond donors (Lipinski definition) is 2. The van der Waals surface area contributed by atoms with Gasteiger partial charge in [0.25, 0.3) is 0 Å². The molecule has 1 atom stereocenters. The van der Waals surface area contributed by atoms with Crippen LogP contribution in [0.25, 0.3) is 0 Å². The summed E-state index contributed by atoms with van der Waals surface area (Å²) in [6.07, 6.45) is 0.205. The van der Waals surface area contributed by atoms with Crippen LogP contribution in [-0.2, 0) is 0 Å². The van der Waals surface area contributed by atoms with Gasteiger partial charge in [-0.1, -0.05) is 0 Å². The molecule has 2 rings (SSSR count). The van der Waals surface area contributed by atoms with E-state index in [4.69, 9.17) is 14.6 Å². The van der Waals surface area contributed by atoms with Crippen LogP contribution in [0.1, 0.15) is 6.42 Å². The predicted molar refractivity (Wildman–Crippen MR) is 65.9 cm³/mol. The first-order valence-electron chi connectivity index (χ1n) is 5.61. The van der Waals surface area contributed by atoms with Crippen molar-refractivity contribution in [2.24, 2.45) is 0 Å². The molecule has 17 heavy (non-hydrogen) atoms. The molecular weight excluding hydrogens is 240 g/mol. The lowest BCUT2D eigenvalue weighted by Gasteiger charge is -2.10. The van der Waals surface area contributed by atoms with Gasteiger partial charge in [0.05, 0.1) is 25.9 Å². The SMILES string of the molecule is OCC(O)CSc1ccc2c(c1)OCCCO2. The molecule has 1 aromatic rings. The van der Waals surface area contributed by atoms with Gasteiger partial charge in [0.15, 0.2) is 11.5 Å². The van der Waals surface area contributed by atoms with E-state index in [1.807, 2.05) is 18.2 Å². The fraction of sp³-hybridized carbons (Fsp3) is 0.500. The van der Waals surface area contributed by atoms with Crippen LogP contribution in [0.5, 0.6) is 11.5 Å². The first-order valence-corrected chi connectivity index (χ1v) is 6.59. The van der Waals surface area contributed by atoms with Crippen molar-refractivity contribution in [3.8, 4) is 11.5 Å². The molecule has 0 amide bonds. The molecule has 0 spiro atoms. The number of ether oxygens (including phenoxy) is 2. The number of fused-ring (bicyclic) bond motifs is 1. The zero-order chi connectivity index (χ0) is 12.1. The van der Waals surface area contributed by atoms with Crippen molar-refractivity contribution in [1.29, 1.82) is 0 Å². The van der Waals surface area contributed by atoms with E-state index in [0.717, 1.165) is 22.8 Å². The molecule has 0 radical (unpaired) electrons. The van der Waals surface area contributed by atoms with Gasteiger partial charge in [0.2, 0.25) is 0 Å². The van der Waals surface area contributed by atoms with Crippen molar-refractivity contribution in [3.63, 3.8) is 0 Å². The van der Waals surface area contributed by atoms with E-state index in [9.17, 15) is 5.11 Å². The highest BCUT2D eigenvalue weighted by Gasteiger charge is 2.11. The lowest BCUT2D eigenvalue weighted by atomic mass is 10.3. The van der Waals surface area contributed by atoms with Gasteiger partial charge in [-0.25, -0.2) is 0 Å². The fourth-order valence-corrected chi connectivity index (χ4v) is 2.32. The summed E-state index contributed by atoms with van der Waals surface area (Å²) < 4.78 is 11.1. The van der Waals surface area contributed by atoms with E-state index in [1.54, 1.807) is 0 Å². The van der Waals surface area contributed by atoms with Crippen LogP contribution >= 0.6 is 11.8 Å². The van der Waals surface area contributed by atoms with Crippen molar-refractivity contribution in [2.75, 3.05) is 25.6 Å². The van der Waals surface area contributed by atoms with Gasteiger partial charge < -0.3 is 19.7 Å². The summed E-state index contributed by atoms with van der Waals surface area (Å²) in [6.45, 7) is 1.14. The topological polar surface area (TPSA) is 58.9 Å². The second-order valence-electron chi connectivity index (χ2n) is 3.81. The molecule has 1 heterocycles. The number of rotatable bonds is 4. The van der Waals surface area contributed by atoms with Crippen molar-refractivity contribution in [1.82, 2.24) is 0 Å². The van der Waals surface area contributed by atoms with Crippen LogP contribution in [-0.4, -0.2) is 41.9 Å². The van der Waals surface area contributed by atoms with E-state index in [0.29, 0.717) is 19.0 Å². The van der Waals surface area contributed by atoms with Gasteiger partial charge in [0.1, 0.15) is 0 Å². The first-order chi connectivity index (χ1) is 8.29. The first kappa shape index (κ1) is 12.5. The standard InChI is InChI=1S/C12H16O4S/c13-7-9(14)8-17-10-2-3-11-12(6-10)16-5-1-4-15-11/h2-3,6,9,13-14H,1,4-5,7-8H2. The van der Waals surface area contributed by atoms with Crippen LogP contribution in [0.15, 0.2) is 23.1 Å². The zero-order valence-electron chi connectivity index (χ0n) is 9.46. The maximum atomic E-state index is 9.28. The predicted octanol–water partition coefficient (Wildman–Crippen LogP) is 1.29. The van der Waals surface area contributed by atoms with Gasteiger partial charge in [-0.15, -0.1) is 11.8 Å². The van der Waals surface area contributed by atoms with Gasteiger partial charge in [-0.2, -0.15) is 0 Å². The molecule has 1 unspecified atom stereocenters. The average molecular weight is 256 g/mol. The Bertz CT molecular complexity index is 370. The maximum Gasteiger partial charge on any atom is 0.162 e.